The number of halogens is 2. The van der Waals surface area contributed by atoms with Gasteiger partial charge in [0.25, 0.3) is 0 Å². The summed E-state index contributed by atoms with van der Waals surface area (Å²) >= 11 is 6.31. The number of Topliss-reactive ketones (excluding diaryl/α,β-unsaturated/α-hetero) is 1. The van der Waals surface area contributed by atoms with Crippen LogP contribution in [0, 0.1) is 5.82 Å². The van der Waals surface area contributed by atoms with Crippen molar-refractivity contribution in [1.29, 1.82) is 0 Å². The van der Waals surface area contributed by atoms with Crippen LogP contribution in [0.25, 0.3) is 0 Å². The summed E-state index contributed by atoms with van der Waals surface area (Å²) in [5.41, 5.74) is 4.06. The SMILES string of the molecule is O=C1CCc2cc(Cl)c(Cc3cccc(F)c3)cc2C1. The molecule has 0 saturated carbocycles. The van der Waals surface area contributed by atoms with E-state index in [9.17, 15) is 9.18 Å². The Morgan fingerprint density at radius 1 is 1.10 bits per heavy atom. The minimum Gasteiger partial charge on any atom is -0.299 e. The predicted molar refractivity (Wildman–Crippen MR) is 77.7 cm³/mol. The van der Waals surface area contributed by atoms with E-state index in [4.69, 9.17) is 11.6 Å². The molecule has 20 heavy (non-hydrogen) atoms. The average Bonchev–Trinajstić information content (AvgIpc) is 2.40. The Morgan fingerprint density at radius 3 is 2.75 bits per heavy atom. The van der Waals surface area contributed by atoms with Crippen LogP contribution in [0.5, 0.6) is 0 Å². The lowest BCUT2D eigenvalue weighted by molar-refractivity contribution is -0.118. The summed E-state index contributed by atoms with van der Waals surface area (Å²) in [7, 11) is 0. The molecule has 2 aromatic carbocycles. The fraction of sp³-hybridized carbons (Fsp3) is 0.235. The second-order valence-corrected chi connectivity index (χ2v) is 5.64. The molecule has 3 heteroatoms. The topological polar surface area (TPSA) is 17.1 Å². The second kappa shape index (κ2) is 5.37. The van der Waals surface area contributed by atoms with Crippen molar-refractivity contribution in [3.8, 4) is 0 Å². The minimum absolute atomic E-state index is 0.244. The zero-order valence-electron chi connectivity index (χ0n) is 11.0. The quantitative estimate of drug-likeness (QED) is 0.812. The third kappa shape index (κ3) is 2.75. The number of hydrogen-bond donors (Lipinski definition) is 0. The lowest BCUT2D eigenvalue weighted by Gasteiger charge is -2.17. The van der Waals surface area contributed by atoms with Gasteiger partial charge in [-0.3, -0.25) is 4.79 Å². The third-order valence-electron chi connectivity index (χ3n) is 3.71. The van der Waals surface area contributed by atoms with Gasteiger partial charge in [-0.1, -0.05) is 29.8 Å². The first-order chi connectivity index (χ1) is 9.61. The number of fused-ring (bicyclic) bond motifs is 1. The van der Waals surface area contributed by atoms with E-state index < -0.39 is 0 Å². The Hall–Kier alpha value is -1.67. The summed E-state index contributed by atoms with van der Waals surface area (Å²) < 4.78 is 13.2. The molecule has 3 rings (SSSR count). The third-order valence-corrected chi connectivity index (χ3v) is 4.06. The van der Waals surface area contributed by atoms with E-state index in [0.29, 0.717) is 24.3 Å². The molecule has 1 aliphatic rings. The van der Waals surface area contributed by atoms with Crippen LogP contribution in [0.3, 0.4) is 0 Å². The Morgan fingerprint density at radius 2 is 1.95 bits per heavy atom. The van der Waals surface area contributed by atoms with Gasteiger partial charge in [0.2, 0.25) is 0 Å². The van der Waals surface area contributed by atoms with E-state index in [0.717, 1.165) is 28.7 Å². The average molecular weight is 289 g/mol. The van der Waals surface area contributed by atoms with Crippen LogP contribution in [0.4, 0.5) is 4.39 Å². The van der Waals surface area contributed by atoms with Gasteiger partial charge >= 0.3 is 0 Å². The number of benzene rings is 2. The highest BCUT2D eigenvalue weighted by atomic mass is 35.5. The summed E-state index contributed by atoms with van der Waals surface area (Å²) in [6.45, 7) is 0. The zero-order valence-corrected chi connectivity index (χ0v) is 11.7. The monoisotopic (exact) mass is 288 g/mol. The lowest BCUT2D eigenvalue weighted by atomic mass is 9.88. The fourth-order valence-corrected chi connectivity index (χ4v) is 2.94. The number of rotatable bonds is 2. The molecular weight excluding hydrogens is 275 g/mol. The molecule has 0 aliphatic heterocycles. The molecule has 0 amide bonds. The normalized spacial score (nSPS) is 14.2. The van der Waals surface area contributed by atoms with Gasteiger partial charge < -0.3 is 0 Å². The van der Waals surface area contributed by atoms with Crippen LogP contribution in [-0.4, -0.2) is 5.78 Å². The summed E-state index contributed by atoms with van der Waals surface area (Å²) in [4.78, 5) is 11.5. The van der Waals surface area contributed by atoms with Crippen LogP contribution in [-0.2, 0) is 24.1 Å². The number of aryl methyl sites for hydroxylation is 1. The largest absolute Gasteiger partial charge is 0.299 e. The molecule has 0 atom stereocenters. The Balaban J connectivity index is 1.94. The maximum Gasteiger partial charge on any atom is 0.137 e. The summed E-state index contributed by atoms with van der Waals surface area (Å²) in [5, 5.41) is 0.697. The standard InChI is InChI=1S/C17H14ClFO/c18-17-10-12-4-5-16(20)9-13(12)8-14(17)6-11-2-1-3-15(19)7-11/h1-3,7-8,10H,4-6,9H2. The zero-order chi connectivity index (χ0) is 14.1. The fourth-order valence-electron chi connectivity index (χ4n) is 2.68. The maximum atomic E-state index is 13.2. The Bertz CT molecular complexity index is 679. The summed E-state index contributed by atoms with van der Waals surface area (Å²) in [6, 6.07) is 10.5. The Kier molecular flexibility index (Phi) is 3.58. The van der Waals surface area contributed by atoms with Gasteiger partial charge in [0.05, 0.1) is 0 Å². The van der Waals surface area contributed by atoms with E-state index in [1.54, 1.807) is 6.07 Å². The molecule has 1 aliphatic carbocycles. The van der Waals surface area contributed by atoms with Crippen molar-refractivity contribution in [2.45, 2.75) is 25.7 Å². The highest BCUT2D eigenvalue weighted by Crippen LogP contribution is 2.28. The van der Waals surface area contributed by atoms with Crippen molar-refractivity contribution in [1.82, 2.24) is 0 Å². The molecule has 1 nitrogen and oxygen atoms in total. The van der Waals surface area contributed by atoms with Crippen LogP contribution in [0.1, 0.15) is 28.7 Å². The lowest BCUT2D eigenvalue weighted by Crippen LogP contribution is -2.13. The molecule has 0 radical (unpaired) electrons. The van der Waals surface area contributed by atoms with Gasteiger partial charge in [-0.15, -0.1) is 0 Å². The van der Waals surface area contributed by atoms with Crippen LogP contribution in [0.15, 0.2) is 36.4 Å². The van der Waals surface area contributed by atoms with Gasteiger partial charge in [0.15, 0.2) is 0 Å². The predicted octanol–water partition coefficient (Wildman–Crippen LogP) is 4.13. The van der Waals surface area contributed by atoms with Crippen molar-refractivity contribution in [3.05, 3.63) is 69.5 Å². The van der Waals surface area contributed by atoms with Crippen LogP contribution >= 0.6 is 11.6 Å². The second-order valence-electron chi connectivity index (χ2n) is 5.23. The smallest absolute Gasteiger partial charge is 0.137 e. The summed E-state index contributed by atoms with van der Waals surface area (Å²) in [6.07, 6.45) is 2.45. The van der Waals surface area contributed by atoms with Gasteiger partial charge in [-0.25, -0.2) is 4.39 Å². The van der Waals surface area contributed by atoms with Crippen molar-refractivity contribution >= 4 is 17.4 Å². The molecule has 0 saturated heterocycles. The van der Waals surface area contributed by atoms with Gasteiger partial charge in [0, 0.05) is 17.9 Å². The molecular formula is C17H14ClFO. The molecule has 2 aromatic rings. The maximum absolute atomic E-state index is 13.2. The van der Waals surface area contributed by atoms with E-state index in [1.807, 2.05) is 18.2 Å². The minimum atomic E-state index is -0.244. The van der Waals surface area contributed by atoms with E-state index >= 15 is 0 Å². The number of hydrogen-bond acceptors (Lipinski definition) is 1. The van der Waals surface area contributed by atoms with E-state index in [2.05, 4.69) is 0 Å². The van der Waals surface area contributed by atoms with Crippen LogP contribution in [0.2, 0.25) is 5.02 Å². The van der Waals surface area contributed by atoms with Gasteiger partial charge in [-0.05, 0) is 53.3 Å². The number of ketones is 1. The first-order valence-corrected chi connectivity index (χ1v) is 7.06. The molecule has 102 valence electrons. The molecule has 0 spiro atoms. The molecule has 0 unspecified atom stereocenters. The highest BCUT2D eigenvalue weighted by molar-refractivity contribution is 6.31. The molecule has 0 fully saturated rings. The molecule has 0 aromatic heterocycles. The molecule has 0 bridgehead atoms. The van der Waals surface area contributed by atoms with E-state index in [1.165, 1.54) is 12.1 Å². The first-order valence-electron chi connectivity index (χ1n) is 6.68. The highest BCUT2D eigenvalue weighted by Gasteiger charge is 2.17. The Labute approximate surface area is 122 Å². The summed E-state index contributed by atoms with van der Waals surface area (Å²) in [5.74, 6) is 0.0308. The number of carbonyl (C=O) groups is 1. The first kappa shape index (κ1) is 13.3. The van der Waals surface area contributed by atoms with Crippen molar-refractivity contribution in [2.24, 2.45) is 0 Å². The van der Waals surface area contributed by atoms with Crippen molar-refractivity contribution < 1.29 is 9.18 Å². The van der Waals surface area contributed by atoms with E-state index in [-0.39, 0.29) is 11.6 Å². The van der Waals surface area contributed by atoms with Crippen LogP contribution < -0.4 is 0 Å². The number of carbonyl (C=O) groups excluding carboxylic acids is 1. The van der Waals surface area contributed by atoms with Crippen molar-refractivity contribution in [3.63, 3.8) is 0 Å². The van der Waals surface area contributed by atoms with Gasteiger partial charge in [0.1, 0.15) is 11.6 Å². The molecule has 0 heterocycles. The van der Waals surface area contributed by atoms with Gasteiger partial charge in [-0.2, -0.15) is 0 Å². The molecule has 0 N–H and O–H groups in total. The van der Waals surface area contributed by atoms with Crippen molar-refractivity contribution in [2.75, 3.05) is 0 Å².